The lowest BCUT2D eigenvalue weighted by atomic mass is 10.1. The van der Waals surface area contributed by atoms with E-state index in [1.807, 2.05) is 56.8 Å². The Balaban J connectivity index is 1.33. The largest absolute Gasteiger partial charge is 0.341 e. The van der Waals surface area contributed by atoms with Gasteiger partial charge in [0.25, 0.3) is 0 Å². The molecule has 0 aliphatic carbocycles. The molecule has 5 nitrogen and oxygen atoms in total. The lowest BCUT2D eigenvalue weighted by molar-refractivity contribution is -0.131. The summed E-state index contributed by atoms with van der Waals surface area (Å²) < 4.78 is 0. The second-order valence-corrected chi connectivity index (χ2v) is 10.3. The summed E-state index contributed by atoms with van der Waals surface area (Å²) >= 11 is 0. The van der Waals surface area contributed by atoms with Crippen molar-refractivity contribution in [3.63, 3.8) is 0 Å². The lowest BCUT2D eigenvalue weighted by Crippen LogP contribution is -2.38. The molecule has 2 saturated heterocycles. The summed E-state index contributed by atoms with van der Waals surface area (Å²) in [4.78, 5) is 28.9. The third-order valence-electron chi connectivity index (χ3n) is 5.26. The first-order chi connectivity index (χ1) is 13.7. The van der Waals surface area contributed by atoms with Gasteiger partial charge in [0.2, 0.25) is 11.8 Å². The van der Waals surface area contributed by atoms with Gasteiger partial charge in [-0.25, -0.2) is 0 Å². The van der Waals surface area contributed by atoms with Crippen LogP contribution >= 0.6 is 21.6 Å². The second-order valence-electron chi connectivity index (χ2n) is 7.50. The average molecular weight is 422 g/mol. The highest BCUT2D eigenvalue weighted by Gasteiger charge is 2.21. The minimum Gasteiger partial charge on any atom is -0.341 e. The SMILES string of the molecule is O=C(CN1CCCN(C(=O)CCCCC2CCSS2)CC1)Nc1ccccc1. The van der Waals surface area contributed by atoms with E-state index in [4.69, 9.17) is 0 Å². The third kappa shape index (κ3) is 7.33. The van der Waals surface area contributed by atoms with E-state index in [2.05, 4.69) is 10.2 Å². The van der Waals surface area contributed by atoms with Crippen molar-refractivity contribution in [2.24, 2.45) is 0 Å². The van der Waals surface area contributed by atoms with Crippen molar-refractivity contribution >= 4 is 39.1 Å². The van der Waals surface area contributed by atoms with E-state index in [0.29, 0.717) is 13.0 Å². The van der Waals surface area contributed by atoms with Gasteiger partial charge in [0.15, 0.2) is 0 Å². The molecular formula is C21H31N3O2S2. The summed E-state index contributed by atoms with van der Waals surface area (Å²) in [6.45, 7) is 3.55. The van der Waals surface area contributed by atoms with Crippen LogP contribution < -0.4 is 5.32 Å². The van der Waals surface area contributed by atoms with E-state index >= 15 is 0 Å². The summed E-state index contributed by atoms with van der Waals surface area (Å²) in [5.74, 6) is 1.57. The zero-order chi connectivity index (χ0) is 19.6. The van der Waals surface area contributed by atoms with Gasteiger partial charge in [0.1, 0.15) is 0 Å². The number of hydrogen-bond donors (Lipinski definition) is 1. The zero-order valence-corrected chi connectivity index (χ0v) is 18.1. The predicted molar refractivity (Wildman–Crippen MR) is 120 cm³/mol. The third-order valence-corrected chi connectivity index (χ3v) is 8.27. The van der Waals surface area contributed by atoms with Crippen molar-refractivity contribution in [2.45, 2.75) is 43.8 Å². The summed E-state index contributed by atoms with van der Waals surface area (Å²) in [6.07, 6.45) is 6.32. The van der Waals surface area contributed by atoms with Crippen LogP contribution in [0.1, 0.15) is 38.5 Å². The monoisotopic (exact) mass is 421 g/mol. The second kappa shape index (κ2) is 11.7. The van der Waals surface area contributed by atoms with Gasteiger partial charge < -0.3 is 10.2 Å². The van der Waals surface area contributed by atoms with Crippen LogP contribution in [0.25, 0.3) is 0 Å². The van der Waals surface area contributed by atoms with Gasteiger partial charge in [-0.15, -0.1) is 0 Å². The van der Waals surface area contributed by atoms with E-state index < -0.39 is 0 Å². The first kappa shape index (κ1) is 21.5. The van der Waals surface area contributed by atoms with Crippen molar-refractivity contribution in [3.8, 4) is 0 Å². The zero-order valence-electron chi connectivity index (χ0n) is 16.5. The number of rotatable bonds is 8. The van der Waals surface area contributed by atoms with Gasteiger partial charge in [-0.1, -0.05) is 46.2 Å². The molecule has 1 aromatic rings. The van der Waals surface area contributed by atoms with Gasteiger partial charge in [0, 0.05) is 49.3 Å². The quantitative estimate of drug-likeness (QED) is 0.510. The van der Waals surface area contributed by atoms with Crippen molar-refractivity contribution in [1.82, 2.24) is 9.80 Å². The molecule has 1 unspecified atom stereocenters. The fourth-order valence-corrected chi connectivity index (χ4v) is 6.70. The molecule has 2 fully saturated rings. The van der Waals surface area contributed by atoms with E-state index in [1.54, 1.807) is 0 Å². The van der Waals surface area contributed by atoms with E-state index in [-0.39, 0.29) is 11.8 Å². The van der Waals surface area contributed by atoms with Crippen LogP contribution in [-0.2, 0) is 9.59 Å². The van der Waals surface area contributed by atoms with Crippen molar-refractivity contribution in [3.05, 3.63) is 30.3 Å². The number of anilines is 1. The Labute approximate surface area is 176 Å². The fourth-order valence-electron chi connectivity index (χ4n) is 3.67. The van der Waals surface area contributed by atoms with Gasteiger partial charge in [0.05, 0.1) is 6.54 Å². The molecule has 0 aromatic heterocycles. The Bertz CT molecular complexity index is 623. The topological polar surface area (TPSA) is 52.7 Å². The Morgan fingerprint density at radius 1 is 1.07 bits per heavy atom. The maximum Gasteiger partial charge on any atom is 0.238 e. The standard InChI is InChI=1S/C21H31N3O2S2/c25-20(22-18-7-2-1-3-8-18)17-23-12-6-13-24(15-14-23)21(26)10-5-4-9-19-11-16-27-28-19/h1-3,7-8,19H,4-6,9-17H2,(H,22,25). The molecule has 0 spiro atoms. The molecule has 0 saturated carbocycles. The number of para-hydroxylation sites is 1. The molecule has 2 aliphatic heterocycles. The van der Waals surface area contributed by atoms with Crippen LogP contribution in [0.2, 0.25) is 0 Å². The van der Waals surface area contributed by atoms with E-state index in [1.165, 1.54) is 18.6 Å². The Morgan fingerprint density at radius 3 is 2.71 bits per heavy atom. The van der Waals surface area contributed by atoms with Gasteiger partial charge in [-0.2, -0.15) is 0 Å². The molecule has 0 radical (unpaired) electrons. The minimum atomic E-state index is 0.00826. The van der Waals surface area contributed by atoms with E-state index in [0.717, 1.165) is 56.4 Å². The number of carbonyl (C=O) groups is 2. The maximum atomic E-state index is 12.5. The molecule has 2 aliphatic rings. The summed E-state index contributed by atoms with van der Waals surface area (Å²) in [5.41, 5.74) is 0.828. The molecule has 28 heavy (non-hydrogen) atoms. The van der Waals surface area contributed by atoms with Crippen LogP contribution in [0.5, 0.6) is 0 Å². The molecule has 0 bridgehead atoms. The van der Waals surface area contributed by atoms with Crippen LogP contribution in [0.15, 0.2) is 30.3 Å². The van der Waals surface area contributed by atoms with Crippen LogP contribution in [0.3, 0.4) is 0 Å². The number of carbonyl (C=O) groups excluding carboxylic acids is 2. The number of hydrogen-bond acceptors (Lipinski definition) is 5. The van der Waals surface area contributed by atoms with Gasteiger partial charge in [-0.05, 0) is 37.8 Å². The molecule has 2 heterocycles. The van der Waals surface area contributed by atoms with Gasteiger partial charge >= 0.3 is 0 Å². The molecule has 154 valence electrons. The first-order valence-electron chi connectivity index (χ1n) is 10.3. The predicted octanol–water partition coefficient (Wildman–Crippen LogP) is 3.87. The van der Waals surface area contributed by atoms with Gasteiger partial charge in [-0.3, -0.25) is 14.5 Å². The molecule has 1 N–H and O–H groups in total. The summed E-state index contributed by atoms with van der Waals surface area (Å²) in [5, 5.41) is 3.74. The van der Waals surface area contributed by atoms with E-state index in [9.17, 15) is 9.59 Å². The molecule has 1 atom stereocenters. The Hall–Kier alpha value is -1.18. The number of nitrogens with one attached hydrogen (secondary N) is 1. The normalized spacial score (nSPS) is 20.7. The highest BCUT2D eigenvalue weighted by molar-refractivity contribution is 8.77. The van der Waals surface area contributed by atoms with Crippen molar-refractivity contribution < 1.29 is 9.59 Å². The molecular weight excluding hydrogens is 390 g/mol. The fraction of sp³-hybridized carbons (Fsp3) is 0.619. The number of nitrogens with zero attached hydrogens (tertiary/aromatic N) is 2. The molecule has 7 heteroatoms. The first-order valence-corrected chi connectivity index (χ1v) is 12.7. The van der Waals surface area contributed by atoms with Crippen molar-refractivity contribution in [2.75, 3.05) is 43.8 Å². The van der Waals surface area contributed by atoms with Crippen LogP contribution in [0.4, 0.5) is 5.69 Å². The number of unbranched alkanes of at least 4 members (excludes halogenated alkanes) is 1. The molecule has 2 amide bonds. The smallest absolute Gasteiger partial charge is 0.238 e. The van der Waals surface area contributed by atoms with Crippen LogP contribution in [-0.4, -0.2) is 65.3 Å². The molecule has 3 rings (SSSR count). The number of amides is 2. The Kier molecular flexibility index (Phi) is 9.02. The maximum absolute atomic E-state index is 12.5. The Morgan fingerprint density at radius 2 is 1.93 bits per heavy atom. The average Bonchev–Trinajstić information content (AvgIpc) is 3.11. The lowest BCUT2D eigenvalue weighted by Gasteiger charge is -2.22. The highest BCUT2D eigenvalue weighted by Crippen LogP contribution is 2.39. The highest BCUT2D eigenvalue weighted by atomic mass is 33.1. The molecule has 1 aromatic carbocycles. The summed E-state index contributed by atoms with van der Waals surface area (Å²) in [7, 11) is 4.01. The minimum absolute atomic E-state index is 0.00826. The van der Waals surface area contributed by atoms with Crippen molar-refractivity contribution in [1.29, 1.82) is 0 Å². The number of benzene rings is 1. The van der Waals surface area contributed by atoms with Crippen LogP contribution in [0, 0.1) is 0 Å². The summed E-state index contributed by atoms with van der Waals surface area (Å²) in [6, 6.07) is 9.55.